The summed E-state index contributed by atoms with van der Waals surface area (Å²) in [4.78, 5) is 7.22. The van der Waals surface area contributed by atoms with Gasteiger partial charge in [-0.3, -0.25) is 0 Å². The number of thiazole rings is 1. The third kappa shape index (κ3) is 4.46. The normalized spacial score (nSPS) is 16.4. The van der Waals surface area contributed by atoms with Crippen molar-refractivity contribution in [3.8, 4) is 0 Å². The van der Waals surface area contributed by atoms with E-state index in [-0.39, 0.29) is 5.54 Å². The largest absolute Gasteiger partial charge is 0.348 e. The molecule has 0 amide bonds. The minimum absolute atomic E-state index is 0.153. The Hall–Kier alpha value is -0.610. The van der Waals surface area contributed by atoms with E-state index in [0.717, 1.165) is 19.0 Å². The summed E-state index contributed by atoms with van der Waals surface area (Å²) in [7, 11) is 0. The van der Waals surface area contributed by atoms with Crippen molar-refractivity contribution < 1.29 is 0 Å². The number of aromatic nitrogens is 1. The molecule has 1 aliphatic carbocycles. The Morgan fingerprint density at radius 2 is 2.16 bits per heavy atom. The molecule has 3 nitrogen and oxygen atoms in total. The first kappa shape index (κ1) is 14.8. The lowest BCUT2D eigenvalue weighted by Crippen LogP contribution is -2.35. The maximum atomic E-state index is 4.78. The molecule has 108 valence electrons. The van der Waals surface area contributed by atoms with Crippen LogP contribution in [0.15, 0.2) is 5.38 Å². The summed E-state index contributed by atoms with van der Waals surface area (Å²) in [5.74, 6) is 0.903. The highest BCUT2D eigenvalue weighted by Crippen LogP contribution is 2.30. The third-order valence-electron chi connectivity index (χ3n) is 3.70. The number of hydrogen-bond acceptors (Lipinski definition) is 4. The Labute approximate surface area is 121 Å². The van der Waals surface area contributed by atoms with Gasteiger partial charge in [0, 0.05) is 30.6 Å². The van der Waals surface area contributed by atoms with E-state index in [1.807, 2.05) is 0 Å². The second-order valence-corrected chi connectivity index (χ2v) is 7.40. The molecule has 2 rings (SSSR count). The van der Waals surface area contributed by atoms with Gasteiger partial charge in [-0.15, -0.1) is 11.3 Å². The maximum Gasteiger partial charge on any atom is 0.185 e. The fourth-order valence-electron chi connectivity index (χ4n) is 2.21. The molecule has 1 saturated carbocycles. The summed E-state index contributed by atoms with van der Waals surface area (Å²) in [6.07, 6.45) is 4.22. The molecule has 1 heterocycles. The average Bonchev–Trinajstić information content (AvgIpc) is 2.73. The topological polar surface area (TPSA) is 28.2 Å². The van der Waals surface area contributed by atoms with Crippen LogP contribution >= 0.6 is 11.3 Å². The molecule has 1 aromatic heterocycles. The highest BCUT2D eigenvalue weighted by molar-refractivity contribution is 7.13. The standard InChI is InChI=1S/C15H27N3S/c1-5-18(10-12-7-6-8-12)14-17-13(11-19-14)9-16-15(2,3)4/h11-12,16H,5-10H2,1-4H3. The van der Waals surface area contributed by atoms with E-state index in [4.69, 9.17) is 4.98 Å². The number of nitrogens with one attached hydrogen (secondary N) is 1. The summed E-state index contributed by atoms with van der Waals surface area (Å²) in [5, 5.41) is 6.88. The summed E-state index contributed by atoms with van der Waals surface area (Å²) in [5.41, 5.74) is 1.32. The summed E-state index contributed by atoms with van der Waals surface area (Å²) < 4.78 is 0. The molecule has 1 aliphatic rings. The van der Waals surface area contributed by atoms with Gasteiger partial charge < -0.3 is 10.2 Å². The van der Waals surface area contributed by atoms with Gasteiger partial charge in [-0.05, 0) is 46.5 Å². The van der Waals surface area contributed by atoms with Crippen LogP contribution in [0, 0.1) is 5.92 Å². The van der Waals surface area contributed by atoms with Gasteiger partial charge in [0.05, 0.1) is 5.69 Å². The second-order valence-electron chi connectivity index (χ2n) is 6.56. The SMILES string of the molecule is CCN(CC1CCC1)c1nc(CNC(C)(C)C)cs1. The smallest absolute Gasteiger partial charge is 0.185 e. The zero-order valence-corrected chi connectivity index (χ0v) is 13.5. The fourth-order valence-corrected chi connectivity index (χ4v) is 3.11. The highest BCUT2D eigenvalue weighted by atomic mass is 32.1. The molecular weight excluding hydrogens is 254 g/mol. The molecule has 0 radical (unpaired) electrons. The van der Waals surface area contributed by atoms with Gasteiger partial charge in [0.25, 0.3) is 0 Å². The second kappa shape index (κ2) is 6.23. The van der Waals surface area contributed by atoms with E-state index in [9.17, 15) is 0 Å². The Morgan fingerprint density at radius 1 is 1.42 bits per heavy atom. The first-order valence-corrected chi connectivity index (χ1v) is 8.30. The zero-order valence-electron chi connectivity index (χ0n) is 12.7. The molecule has 0 saturated heterocycles. The van der Waals surface area contributed by atoms with Gasteiger partial charge in [-0.2, -0.15) is 0 Å². The Bertz CT molecular complexity index is 390. The molecule has 1 aromatic rings. The van der Waals surface area contributed by atoms with Gasteiger partial charge in [-0.25, -0.2) is 4.98 Å². The molecule has 1 N–H and O–H groups in total. The molecule has 0 unspecified atom stereocenters. The van der Waals surface area contributed by atoms with Crippen molar-refractivity contribution in [1.82, 2.24) is 10.3 Å². The first-order chi connectivity index (χ1) is 8.98. The molecule has 0 aliphatic heterocycles. The van der Waals surface area contributed by atoms with Crippen molar-refractivity contribution in [2.75, 3.05) is 18.0 Å². The monoisotopic (exact) mass is 281 g/mol. The summed E-state index contributed by atoms with van der Waals surface area (Å²) in [6, 6.07) is 0. The van der Waals surface area contributed by atoms with Crippen LogP contribution < -0.4 is 10.2 Å². The zero-order chi connectivity index (χ0) is 13.9. The third-order valence-corrected chi connectivity index (χ3v) is 4.65. The van der Waals surface area contributed by atoms with Crippen LogP contribution in [0.3, 0.4) is 0 Å². The molecule has 19 heavy (non-hydrogen) atoms. The van der Waals surface area contributed by atoms with Crippen LogP contribution in [0.25, 0.3) is 0 Å². The molecule has 4 heteroatoms. The van der Waals surface area contributed by atoms with Crippen molar-refractivity contribution in [3.05, 3.63) is 11.1 Å². The van der Waals surface area contributed by atoms with E-state index in [1.165, 1.54) is 36.6 Å². The van der Waals surface area contributed by atoms with Gasteiger partial charge in [0.1, 0.15) is 0 Å². The summed E-state index contributed by atoms with van der Waals surface area (Å²) in [6.45, 7) is 11.9. The lowest BCUT2D eigenvalue weighted by Gasteiger charge is -2.31. The van der Waals surface area contributed by atoms with Crippen molar-refractivity contribution >= 4 is 16.5 Å². The van der Waals surface area contributed by atoms with Gasteiger partial charge in [-0.1, -0.05) is 6.42 Å². The van der Waals surface area contributed by atoms with Gasteiger partial charge in [0.15, 0.2) is 5.13 Å². The lowest BCUT2D eigenvalue weighted by molar-refractivity contribution is 0.318. The molecule has 0 spiro atoms. The Morgan fingerprint density at radius 3 is 2.68 bits per heavy atom. The number of nitrogens with zero attached hydrogens (tertiary/aromatic N) is 2. The van der Waals surface area contributed by atoms with E-state index < -0.39 is 0 Å². The number of rotatable bonds is 6. The molecule has 0 aromatic carbocycles. The fraction of sp³-hybridized carbons (Fsp3) is 0.800. The van der Waals surface area contributed by atoms with Crippen molar-refractivity contribution in [2.45, 2.75) is 59.0 Å². The van der Waals surface area contributed by atoms with Crippen molar-refractivity contribution in [2.24, 2.45) is 5.92 Å². The predicted molar refractivity (Wildman–Crippen MR) is 83.9 cm³/mol. The predicted octanol–water partition coefficient (Wildman–Crippen LogP) is 3.66. The van der Waals surface area contributed by atoms with Crippen LogP contribution in [-0.4, -0.2) is 23.6 Å². The molecule has 1 fully saturated rings. The first-order valence-electron chi connectivity index (χ1n) is 7.42. The number of anilines is 1. The van der Waals surface area contributed by atoms with Crippen molar-refractivity contribution in [1.29, 1.82) is 0 Å². The average molecular weight is 281 g/mol. The summed E-state index contributed by atoms with van der Waals surface area (Å²) >= 11 is 1.78. The molecular formula is C15H27N3S. The number of hydrogen-bond donors (Lipinski definition) is 1. The molecule has 0 atom stereocenters. The van der Waals surface area contributed by atoms with Crippen LogP contribution in [-0.2, 0) is 6.54 Å². The van der Waals surface area contributed by atoms with Crippen molar-refractivity contribution in [3.63, 3.8) is 0 Å². The van der Waals surface area contributed by atoms with Crippen LogP contribution in [0.5, 0.6) is 0 Å². The van der Waals surface area contributed by atoms with Crippen LogP contribution in [0.2, 0.25) is 0 Å². The van der Waals surface area contributed by atoms with E-state index in [1.54, 1.807) is 11.3 Å². The minimum Gasteiger partial charge on any atom is -0.348 e. The van der Waals surface area contributed by atoms with Crippen LogP contribution in [0.4, 0.5) is 5.13 Å². The Balaban J connectivity index is 1.90. The Kier molecular flexibility index (Phi) is 4.85. The maximum absolute atomic E-state index is 4.78. The highest BCUT2D eigenvalue weighted by Gasteiger charge is 2.21. The quantitative estimate of drug-likeness (QED) is 0.862. The minimum atomic E-state index is 0.153. The van der Waals surface area contributed by atoms with Gasteiger partial charge in [0.2, 0.25) is 0 Å². The van der Waals surface area contributed by atoms with E-state index >= 15 is 0 Å². The van der Waals surface area contributed by atoms with E-state index in [2.05, 4.69) is 43.3 Å². The van der Waals surface area contributed by atoms with Gasteiger partial charge >= 0.3 is 0 Å². The van der Waals surface area contributed by atoms with Crippen LogP contribution in [0.1, 0.15) is 52.7 Å². The molecule has 0 bridgehead atoms. The lowest BCUT2D eigenvalue weighted by atomic mass is 9.85. The van der Waals surface area contributed by atoms with E-state index in [0.29, 0.717) is 0 Å².